The van der Waals surface area contributed by atoms with Crippen molar-refractivity contribution in [2.45, 2.75) is 18.8 Å². The van der Waals surface area contributed by atoms with Gasteiger partial charge in [-0.05, 0) is 43.1 Å². The van der Waals surface area contributed by atoms with E-state index in [1.54, 1.807) is 0 Å². The first kappa shape index (κ1) is 8.14. The van der Waals surface area contributed by atoms with Crippen molar-refractivity contribution in [1.82, 2.24) is 5.32 Å². The minimum absolute atomic E-state index is 0.496. The molecule has 1 N–H and O–H groups in total. The van der Waals surface area contributed by atoms with Crippen LogP contribution in [0.5, 0.6) is 0 Å². The fourth-order valence-corrected chi connectivity index (χ4v) is 1.79. The third-order valence-electron chi connectivity index (χ3n) is 2.29. The van der Waals surface area contributed by atoms with Gasteiger partial charge >= 0.3 is 0 Å². The van der Waals surface area contributed by atoms with E-state index in [9.17, 15) is 0 Å². The van der Waals surface area contributed by atoms with Crippen molar-refractivity contribution in [3.05, 3.63) is 23.1 Å². The third-order valence-corrected chi connectivity index (χ3v) is 2.50. The minimum atomic E-state index is 0.496. The fourth-order valence-electron chi connectivity index (χ4n) is 1.64. The van der Waals surface area contributed by atoms with E-state index in [2.05, 4.69) is 5.32 Å². The molecule has 1 aliphatic rings. The monoisotopic (exact) mass is 185 g/mol. The second-order valence-electron chi connectivity index (χ2n) is 3.19. The van der Waals surface area contributed by atoms with Crippen LogP contribution in [0.2, 0.25) is 5.22 Å². The summed E-state index contributed by atoms with van der Waals surface area (Å²) in [6.45, 7) is 2.15. The molecule has 2 rings (SSSR count). The molecule has 1 unspecified atom stereocenters. The van der Waals surface area contributed by atoms with Gasteiger partial charge in [0.1, 0.15) is 5.76 Å². The van der Waals surface area contributed by atoms with Crippen LogP contribution in [0, 0.1) is 0 Å². The maximum Gasteiger partial charge on any atom is 0.193 e. The average molecular weight is 186 g/mol. The molecule has 2 heterocycles. The molecule has 0 radical (unpaired) electrons. The topological polar surface area (TPSA) is 25.2 Å². The lowest BCUT2D eigenvalue weighted by atomic mass is 9.97. The second kappa shape index (κ2) is 3.50. The largest absolute Gasteiger partial charge is 0.449 e. The second-order valence-corrected chi connectivity index (χ2v) is 3.56. The molecule has 0 bridgehead atoms. The number of furan rings is 1. The lowest BCUT2D eigenvalue weighted by Gasteiger charge is -2.20. The Morgan fingerprint density at radius 1 is 1.50 bits per heavy atom. The van der Waals surface area contributed by atoms with Crippen LogP contribution < -0.4 is 5.32 Å². The average Bonchev–Trinajstić information content (AvgIpc) is 2.54. The van der Waals surface area contributed by atoms with Crippen LogP contribution in [-0.4, -0.2) is 13.1 Å². The van der Waals surface area contributed by atoms with E-state index in [4.69, 9.17) is 16.0 Å². The molecule has 0 aromatic carbocycles. The van der Waals surface area contributed by atoms with Gasteiger partial charge < -0.3 is 9.73 Å². The smallest absolute Gasteiger partial charge is 0.193 e. The van der Waals surface area contributed by atoms with Gasteiger partial charge in [0.05, 0.1) is 0 Å². The number of nitrogens with one attached hydrogen (secondary N) is 1. The summed E-state index contributed by atoms with van der Waals surface area (Å²) in [5, 5.41) is 3.84. The molecular weight excluding hydrogens is 174 g/mol. The molecule has 2 nitrogen and oxygen atoms in total. The maximum atomic E-state index is 5.69. The van der Waals surface area contributed by atoms with E-state index in [0.717, 1.165) is 18.8 Å². The van der Waals surface area contributed by atoms with E-state index in [-0.39, 0.29) is 0 Å². The van der Waals surface area contributed by atoms with Crippen molar-refractivity contribution in [3.63, 3.8) is 0 Å². The van der Waals surface area contributed by atoms with Gasteiger partial charge in [-0.1, -0.05) is 0 Å². The Morgan fingerprint density at radius 2 is 2.42 bits per heavy atom. The summed E-state index contributed by atoms with van der Waals surface area (Å²) in [7, 11) is 0. The van der Waals surface area contributed by atoms with Gasteiger partial charge in [-0.3, -0.25) is 0 Å². The zero-order chi connectivity index (χ0) is 8.39. The Labute approximate surface area is 76.9 Å². The van der Waals surface area contributed by atoms with Crippen molar-refractivity contribution in [3.8, 4) is 0 Å². The lowest BCUT2D eigenvalue weighted by molar-refractivity contribution is 0.389. The van der Waals surface area contributed by atoms with Crippen molar-refractivity contribution in [2.24, 2.45) is 0 Å². The summed E-state index contributed by atoms with van der Waals surface area (Å²) in [5.41, 5.74) is 0. The van der Waals surface area contributed by atoms with Crippen LogP contribution >= 0.6 is 11.6 Å². The molecule has 3 heteroatoms. The molecule has 1 atom stereocenters. The molecule has 1 fully saturated rings. The number of halogens is 1. The van der Waals surface area contributed by atoms with Crippen LogP contribution in [0.1, 0.15) is 24.5 Å². The van der Waals surface area contributed by atoms with Crippen molar-refractivity contribution >= 4 is 11.6 Å². The van der Waals surface area contributed by atoms with Crippen LogP contribution in [0.15, 0.2) is 16.5 Å². The molecule has 1 aromatic heterocycles. The molecular formula is C9H12ClNO. The lowest BCUT2D eigenvalue weighted by Crippen LogP contribution is -2.28. The SMILES string of the molecule is Clc1ccc(C2CCCNC2)o1. The normalized spacial score (nSPS) is 24.2. The zero-order valence-electron chi connectivity index (χ0n) is 6.85. The molecule has 0 saturated carbocycles. The van der Waals surface area contributed by atoms with E-state index >= 15 is 0 Å². The van der Waals surface area contributed by atoms with Crippen molar-refractivity contribution < 1.29 is 4.42 Å². The Bertz CT molecular complexity index is 253. The minimum Gasteiger partial charge on any atom is -0.449 e. The van der Waals surface area contributed by atoms with E-state index in [1.165, 1.54) is 12.8 Å². The summed E-state index contributed by atoms with van der Waals surface area (Å²) < 4.78 is 5.35. The highest BCUT2D eigenvalue weighted by Gasteiger charge is 2.17. The Hall–Kier alpha value is -0.470. The highest BCUT2D eigenvalue weighted by atomic mass is 35.5. The first-order valence-corrected chi connectivity index (χ1v) is 4.70. The molecule has 0 amide bonds. The van der Waals surface area contributed by atoms with Crippen LogP contribution in [0.25, 0.3) is 0 Å². The van der Waals surface area contributed by atoms with Crippen LogP contribution in [0.3, 0.4) is 0 Å². The number of rotatable bonds is 1. The number of hydrogen-bond acceptors (Lipinski definition) is 2. The van der Waals surface area contributed by atoms with Gasteiger partial charge in [0.25, 0.3) is 0 Å². The number of piperidine rings is 1. The van der Waals surface area contributed by atoms with Gasteiger partial charge in [-0.2, -0.15) is 0 Å². The summed E-state index contributed by atoms with van der Waals surface area (Å²) in [5.74, 6) is 1.54. The van der Waals surface area contributed by atoms with Crippen molar-refractivity contribution in [2.75, 3.05) is 13.1 Å². The molecule has 66 valence electrons. The van der Waals surface area contributed by atoms with Crippen molar-refractivity contribution in [1.29, 1.82) is 0 Å². The standard InChI is InChI=1S/C9H12ClNO/c10-9-4-3-8(12-9)7-2-1-5-11-6-7/h3-4,7,11H,1-2,5-6H2. The van der Waals surface area contributed by atoms with Gasteiger partial charge in [0, 0.05) is 12.5 Å². The quantitative estimate of drug-likeness (QED) is 0.727. The molecule has 1 aliphatic heterocycles. The van der Waals surface area contributed by atoms with E-state index < -0.39 is 0 Å². The van der Waals surface area contributed by atoms with Crippen LogP contribution in [0.4, 0.5) is 0 Å². The summed E-state index contributed by atoms with van der Waals surface area (Å²) >= 11 is 5.69. The predicted molar refractivity (Wildman–Crippen MR) is 48.6 cm³/mol. The maximum absolute atomic E-state index is 5.69. The van der Waals surface area contributed by atoms with Gasteiger partial charge in [-0.15, -0.1) is 0 Å². The number of hydrogen-bond donors (Lipinski definition) is 1. The van der Waals surface area contributed by atoms with Gasteiger partial charge in [0.2, 0.25) is 0 Å². The molecule has 1 aromatic rings. The van der Waals surface area contributed by atoms with E-state index in [0.29, 0.717) is 11.1 Å². The molecule has 0 spiro atoms. The molecule has 0 aliphatic carbocycles. The third kappa shape index (κ3) is 1.65. The van der Waals surface area contributed by atoms with Crippen LogP contribution in [-0.2, 0) is 0 Å². The predicted octanol–water partition coefficient (Wildman–Crippen LogP) is 2.40. The zero-order valence-corrected chi connectivity index (χ0v) is 7.60. The Balaban J connectivity index is 2.08. The van der Waals surface area contributed by atoms with E-state index in [1.807, 2.05) is 12.1 Å². The Kier molecular flexibility index (Phi) is 2.38. The van der Waals surface area contributed by atoms with Gasteiger partial charge in [-0.25, -0.2) is 0 Å². The fraction of sp³-hybridized carbons (Fsp3) is 0.556. The van der Waals surface area contributed by atoms with Gasteiger partial charge in [0.15, 0.2) is 5.22 Å². The Morgan fingerprint density at radius 3 is 3.00 bits per heavy atom. The highest BCUT2D eigenvalue weighted by Crippen LogP contribution is 2.26. The molecule has 1 saturated heterocycles. The summed E-state index contributed by atoms with van der Waals surface area (Å²) in [6, 6.07) is 3.78. The summed E-state index contributed by atoms with van der Waals surface area (Å²) in [6.07, 6.45) is 2.43. The summed E-state index contributed by atoms with van der Waals surface area (Å²) in [4.78, 5) is 0. The first-order valence-electron chi connectivity index (χ1n) is 4.32. The first-order chi connectivity index (χ1) is 5.86. The highest BCUT2D eigenvalue weighted by molar-refractivity contribution is 6.28. The molecule has 12 heavy (non-hydrogen) atoms.